The van der Waals surface area contributed by atoms with Gasteiger partial charge in [0.25, 0.3) is 0 Å². The van der Waals surface area contributed by atoms with Crippen molar-refractivity contribution in [3.05, 3.63) is 29.6 Å². The summed E-state index contributed by atoms with van der Waals surface area (Å²) in [5.74, 6) is -0.849. The van der Waals surface area contributed by atoms with E-state index in [-0.39, 0.29) is 11.9 Å². The summed E-state index contributed by atoms with van der Waals surface area (Å²) in [6.07, 6.45) is 0. The van der Waals surface area contributed by atoms with E-state index in [4.69, 9.17) is 0 Å². The van der Waals surface area contributed by atoms with Gasteiger partial charge in [-0.1, -0.05) is 0 Å². The second-order valence-electron chi connectivity index (χ2n) is 3.49. The highest BCUT2D eigenvalue weighted by atomic mass is 19.1. The number of anilines is 1. The number of ether oxygens (including phenoxy) is 1. The third-order valence-corrected chi connectivity index (χ3v) is 1.83. The first-order valence-corrected chi connectivity index (χ1v) is 4.69. The van der Waals surface area contributed by atoms with Gasteiger partial charge in [-0.2, -0.15) is 0 Å². The summed E-state index contributed by atoms with van der Waals surface area (Å²) in [5, 5.41) is 2.91. The number of methoxy groups -OCH3 is 1. The van der Waals surface area contributed by atoms with Crippen molar-refractivity contribution in [3.63, 3.8) is 0 Å². The predicted octanol–water partition coefficient (Wildman–Crippen LogP) is 2.43. The van der Waals surface area contributed by atoms with E-state index in [0.717, 1.165) is 0 Å². The van der Waals surface area contributed by atoms with Gasteiger partial charge in [-0.3, -0.25) is 0 Å². The molecule has 0 fully saturated rings. The van der Waals surface area contributed by atoms with Crippen molar-refractivity contribution < 1.29 is 13.9 Å². The van der Waals surface area contributed by atoms with Gasteiger partial charge in [0.2, 0.25) is 0 Å². The highest BCUT2D eigenvalue weighted by molar-refractivity contribution is 5.90. The van der Waals surface area contributed by atoms with E-state index in [0.29, 0.717) is 11.3 Å². The molecule has 1 aromatic carbocycles. The zero-order valence-corrected chi connectivity index (χ0v) is 9.00. The number of carbonyl (C=O) groups is 1. The molecule has 0 aliphatic rings. The number of hydrogen-bond donors (Lipinski definition) is 1. The van der Waals surface area contributed by atoms with Crippen molar-refractivity contribution in [2.24, 2.45) is 0 Å². The molecule has 0 bridgehead atoms. The molecule has 0 aliphatic heterocycles. The first kappa shape index (κ1) is 11.5. The fourth-order valence-electron chi connectivity index (χ4n) is 1.19. The molecule has 0 spiro atoms. The van der Waals surface area contributed by atoms with E-state index in [2.05, 4.69) is 10.1 Å². The molecule has 0 radical (unpaired) electrons. The van der Waals surface area contributed by atoms with Crippen molar-refractivity contribution in [3.8, 4) is 0 Å². The zero-order valence-electron chi connectivity index (χ0n) is 9.00. The van der Waals surface area contributed by atoms with Crippen molar-refractivity contribution in [1.82, 2.24) is 0 Å². The number of hydrogen-bond acceptors (Lipinski definition) is 3. The van der Waals surface area contributed by atoms with Crippen LogP contribution in [0.3, 0.4) is 0 Å². The molecule has 3 nitrogen and oxygen atoms in total. The van der Waals surface area contributed by atoms with Crippen LogP contribution >= 0.6 is 0 Å². The third kappa shape index (κ3) is 2.94. The van der Waals surface area contributed by atoms with Gasteiger partial charge >= 0.3 is 5.97 Å². The number of benzene rings is 1. The Labute approximate surface area is 88.2 Å². The SMILES string of the molecule is COC(=O)c1ccc(F)c(NC(C)C)c1. The number of rotatable bonds is 3. The van der Waals surface area contributed by atoms with E-state index in [1.807, 2.05) is 13.8 Å². The molecule has 4 heteroatoms. The maximum Gasteiger partial charge on any atom is 0.337 e. The first-order chi connectivity index (χ1) is 7.04. The summed E-state index contributed by atoms with van der Waals surface area (Å²) in [6, 6.07) is 4.19. The van der Waals surface area contributed by atoms with Gasteiger partial charge in [-0.15, -0.1) is 0 Å². The molecule has 82 valence electrons. The summed E-state index contributed by atoms with van der Waals surface area (Å²) >= 11 is 0. The van der Waals surface area contributed by atoms with Gasteiger partial charge in [-0.25, -0.2) is 9.18 Å². The summed E-state index contributed by atoms with van der Waals surface area (Å²) < 4.78 is 17.8. The lowest BCUT2D eigenvalue weighted by Gasteiger charge is -2.11. The minimum Gasteiger partial charge on any atom is -0.465 e. The predicted molar refractivity (Wildman–Crippen MR) is 56.5 cm³/mol. The third-order valence-electron chi connectivity index (χ3n) is 1.83. The van der Waals surface area contributed by atoms with Crippen molar-refractivity contribution in [2.45, 2.75) is 19.9 Å². The fraction of sp³-hybridized carbons (Fsp3) is 0.364. The molecule has 0 saturated carbocycles. The van der Waals surface area contributed by atoms with E-state index in [9.17, 15) is 9.18 Å². The molecule has 0 heterocycles. The van der Waals surface area contributed by atoms with E-state index in [1.54, 1.807) is 0 Å². The maximum absolute atomic E-state index is 13.3. The summed E-state index contributed by atoms with van der Waals surface area (Å²) in [7, 11) is 1.29. The Bertz CT molecular complexity index is 364. The normalized spacial score (nSPS) is 10.2. The summed E-state index contributed by atoms with van der Waals surface area (Å²) in [6.45, 7) is 3.79. The number of nitrogens with one attached hydrogen (secondary N) is 1. The number of esters is 1. The molecular weight excluding hydrogens is 197 g/mol. The van der Waals surface area contributed by atoms with Crippen LogP contribution in [0.5, 0.6) is 0 Å². The van der Waals surface area contributed by atoms with Gasteiger partial charge in [0, 0.05) is 6.04 Å². The lowest BCUT2D eigenvalue weighted by molar-refractivity contribution is 0.0600. The topological polar surface area (TPSA) is 38.3 Å². The van der Waals surface area contributed by atoms with Crippen molar-refractivity contribution in [2.75, 3.05) is 12.4 Å². The van der Waals surface area contributed by atoms with E-state index < -0.39 is 5.97 Å². The second-order valence-corrected chi connectivity index (χ2v) is 3.49. The Morgan fingerprint density at radius 1 is 1.47 bits per heavy atom. The Morgan fingerprint density at radius 3 is 2.67 bits per heavy atom. The van der Waals surface area contributed by atoms with Crippen LogP contribution in [0.25, 0.3) is 0 Å². The van der Waals surface area contributed by atoms with Crippen LogP contribution in [0.2, 0.25) is 0 Å². The monoisotopic (exact) mass is 211 g/mol. The van der Waals surface area contributed by atoms with Gasteiger partial charge in [-0.05, 0) is 32.0 Å². The van der Waals surface area contributed by atoms with Gasteiger partial charge < -0.3 is 10.1 Å². The molecule has 0 atom stereocenters. The quantitative estimate of drug-likeness (QED) is 0.780. The van der Waals surface area contributed by atoms with Crippen LogP contribution in [-0.2, 0) is 4.74 Å². The molecule has 0 aliphatic carbocycles. The van der Waals surface area contributed by atoms with Crippen LogP contribution < -0.4 is 5.32 Å². The van der Waals surface area contributed by atoms with Crippen LogP contribution in [0.1, 0.15) is 24.2 Å². The standard InChI is InChI=1S/C11H14FNO2/c1-7(2)13-10-6-8(11(14)15-3)4-5-9(10)12/h4-7,13H,1-3H3. The van der Waals surface area contributed by atoms with Crippen LogP contribution in [-0.4, -0.2) is 19.1 Å². The smallest absolute Gasteiger partial charge is 0.337 e. The largest absolute Gasteiger partial charge is 0.465 e. The average Bonchev–Trinajstić information content (AvgIpc) is 2.19. The number of halogens is 1. The highest BCUT2D eigenvalue weighted by Crippen LogP contribution is 2.17. The Morgan fingerprint density at radius 2 is 2.13 bits per heavy atom. The Kier molecular flexibility index (Phi) is 3.66. The summed E-state index contributed by atoms with van der Waals surface area (Å²) in [4.78, 5) is 11.2. The molecule has 0 aromatic heterocycles. The minimum absolute atomic E-state index is 0.104. The molecule has 15 heavy (non-hydrogen) atoms. The average molecular weight is 211 g/mol. The Balaban J connectivity index is 2.99. The van der Waals surface area contributed by atoms with E-state index in [1.165, 1.54) is 25.3 Å². The van der Waals surface area contributed by atoms with Crippen molar-refractivity contribution in [1.29, 1.82) is 0 Å². The molecule has 1 aromatic rings. The lowest BCUT2D eigenvalue weighted by atomic mass is 10.2. The zero-order chi connectivity index (χ0) is 11.4. The van der Waals surface area contributed by atoms with Gasteiger partial charge in [0.1, 0.15) is 5.82 Å². The van der Waals surface area contributed by atoms with Crippen LogP contribution in [0.15, 0.2) is 18.2 Å². The molecule has 0 saturated heterocycles. The molecule has 0 unspecified atom stereocenters. The molecular formula is C11H14FNO2. The lowest BCUT2D eigenvalue weighted by Crippen LogP contribution is -2.12. The molecule has 1 N–H and O–H groups in total. The fourth-order valence-corrected chi connectivity index (χ4v) is 1.19. The maximum atomic E-state index is 13.3. The second kappa shape index (κ2) is 4.77. The molecule has 0 amide bonds. The van der Waals surface area contributed by atoms with Crippen LogP contribution in [0, 0.1) is 5.82 Å². The van der Waals surface area contributed by atoms with E-state index >= 15 is 0 Å². The first-order valence-electron chi connectivity index (χ1n) is 4.69. The highest BCUT2D eigenvalue weighted by Gasteiger charge is 2.10. The Hall–Kier alpha value is -1.58. The molecule has 1 rings (SSSR count). The van der Waals surface area contributed by atoms with Crippen LogP contribution in [0.4, 0.5) is 10.1 Å². The van der Waals surface area contributed by atoms with Gasteiger partial charge in [0.05, 0.1) is 18.4 Å². The van der Waals surface area contributed by atoms with Crippen molar-refractivity contribution >= 4 is 11.7 Å². The van der Waals surface area contributed by atoms with Gasteiger partial charge in [0.15, 0.2) is 0 Å². The summed E-state index contributed by atoms with van der Waals surface area (Å²) in [5.41, 5.74) is 0.648. The number of carbonyl (C=O) groups excluding carboxylic acids is 1. The minimum atomic E-state index is -0.471.